The lowest BCUT2D eigenvalue weighted by molar-refractivity contribution is -0.121. The Labute approximate surface area is 152 Å². The summed E-state index contributed by atoms with van der Waals surface area (Å²) < 4.78 is 0. The molecule has 0 aliphatic carbocycles. The van der Waals surface area contributed by atoms with Gasteiger partial charge in [-0.15, -0.1) is 0 Å². The first-order valence-electron chi connectivity index (χ1n) is 8.16. The Morgan fingerprint density at radius 1 is 1.15 bits per heavy atom. The quantitative estimate of drug-likeness (QED) is 0.819. The number of pyridine rings is 1. The van der Waals surface area contributed by atoms with Gasteiger partial charge in [-0.3, -0.25) is 19.4 Å². The molecular weight excluding hydrogens is 332 g/mol. The van der Waals surface area contributed by atoms with Gasteiger partial charge < -0.3 is 16.0 Å². The van der Waals surface area contributed by atoms with Gasteiger partial charge in [0.05, 0.1) is 5.56 Å². The van der Waals surface area contributed by atoms with E-state index >= 15 is 0 Å². The van der Waals surface area contributed by atoms with Crippen molar-refractivity contribution in [3.63, 3.8) is 0 Å². The second-order valence-corrected chi connectivity index (χ2v) is 6.05. The molecule has 0 saturated carbocycles. The number of hydrogen-bond acceptors (Lipinski definition) is 4. The minimum Gasteiger partial charge on any atom is -0.366 e. The van der Waals surface area contributed by atoms with Gasteiger partial charge in [0.15, 0.2) is 0 Å². The molecule has 7 nitrogen and oxygen atoms in total. The van der Waals surface area contributed by atoms with Gasteiger partial charge in [-0.2, -0.15) is 0 Å². The van der Waals surface area contributed by atoms with Crippen LogP contribution >= 0.6 is 0 Å². The molecule has 0 saturated heterocycles. The van der Waals surface area contributed by atoms with Gasteiger partial charge in [-0.05, 0) is 30.7 Å². The van der Waals surface area contributed by atoms with Crippen LogP contribution in [0.5, 0.6) is 0 Å². The smallest absolute Gasteiger partial charge is 0.253 e. The minimum absolute atomic E-state index is 0.125. The Hall–Kier alpha value is -3.22. The third kappa shape index (κ3) is 4.44. The van der Waals surface area contributed by atoms with E-state index in [1.54, 1.807) is 44.6 Å². The number of primary amides is 1. The Balaban J connectivity index is 2.25. The number of aromatic nitrogens is 1. The predicted molar refractivity (Wildman–Crippen MR) is 98.4 cm³/mol. The van der Waals surface area contributed by atoms with Crippen molar-refractivity contribution in [2.24, 2.45) is 5.73 Å². The summed E-state index contributed by atoms with van der Waals surface area (Å²) in [4.78, 5) is 41.1. The first-order chi connectivity index (χ1) is 12.3. The first kappa shape index (κ1) is 19.1. The number of hydrogen-bond donors (Lipinski definition) is 2. The van der Waals surface area contributed by atoms with E-state index < -0.39 is 5.91 Å². The van der Waals surface area contributed by atoms with Gasteiger partial charge in [-0.1, -0.05) is 12.1 Å². The zero-order valence-electron chi connectivity index (χ0n) is 15.0. The van der Waals surface area contributed by atoms with Crippen molar-refractivity contribution in [3.05, 3.63) is 53.9 Å². The van der Waals surface area contributed by atoms with E-state index in [9.17, 15) is 14.4 Å². The summed E-state index contributed by atoms with van der Waals surface area (Å²) in [6.07, 6.45) is 3.23. The summed E-state index contributed by atoms with van der Waals surface area (Å²) in [5, 5.41) is 2.55. The highest BCUT2D eigenvalue weighted by atomic mass is 16.2. The summed E-state index contributed by atoms with van der Waals surface area (Å²) in [5.74, 6) is -0.878. The van der Waals surface area contributed by atoms with Crippen LogP contribution in [0.1, 0.15) is 34.1 Å². The number of benzene rings is 1. The standard InChI is InChI=1S/C19H22N4O3/c1-12(7-17(24)21-2)23(3)19(26)14-6-4-5-13(8-14)15-9-16(18(20)25)11-22-10-15/h4-6,8-12H,7H2,1-3H3,(H2,20,25)(H,21,24)/t12-/m1/s1. The van der Waals surface area contributed by atoms with Crippen LogP contribution in [0.4, 0.5) is 0 Å². The maximum Gasteiger partial charge on any atom is 0.253 e. The summed E-state index contributed by atoms with van der Waals surface area (Å²) in [6.45, 7) is 1.82. The molecule has 0 aliphatic rings. The fourth-order valence-electron chi connectivity index (χ4n) is 2.48. The molecule has 3 N–H and O–H groups in total. The molecular formula is C19H22N4O3. The normalized spacial score (nSPS) is 11.5. The van der Waals surface area contributed by atoms with Crippen molar-refractivity contribution in [3.8, 4) is 11.1 Å². The summed E-state index contributed by atoms with van der Waals surface area (Å²) in [7, 11) is 3.23. The highest BCUT2D eigenvalue weighted by Gasteiger charge is 2.20. The number of carbonyl (C=O) groups excluding carboxylic acids is 3. The second kappa shape index (κ2) is 8.24. The fourth-order valence-corrected chi connectivity index (χ4v) is 2.48. The van der Waals surface area contributed by atoms with E-state index in [4.69, 9.17) is 5.73 Å². The highest BCUT2D eigenvalue weighted by Crippen LogP contribution is 2.21. The molecule has 1 aromatic heterocycles. The molecule has 7 heteroatoms. The van der Waals surface area contributed by atoms with Crippen LogP contribution in [0.2, 0.25) is 0 Å². The summed E-state index contributed by atoms with van der Waals surface area (Å²) in [6, 6.07) is 8.42. The molecule has 0 aliphatic heterocycles. The SMILES string of the molecule is CNC(=O)C[C@@H](C)N(C)C(=O)c1cccc(-c2cncc(C(N)=O)c2)c1. The van der Waals surface area contributed by atoms with Crippen LogP contribution in [0.15, 0.2) is 42.7 Å². The molecule has 0 bridgehead atoms. The molecule has 0 radical (unpaired) electrons. The fraction of sp³-hybridized carbons (Fsp3) is 0.263. The van der Waals surface area contributed by atoms with Gasteiger partial charge in [0.25, 0.3) is 5.91 Å². The molecule has 0 fully saturated rings. The molecule has 2 aromatic rings. The van der Waals surface area contributed by atoms with Crippen LogP contribution < -0.4 is 11.1 Å². The van der Waals surface area contributed by atoms with Crippen molar-refractivity contribution >= 4 is 17.7 Å². The monoisotopic (exact) mass is 354 g/mol. The lowest BCUT2D eigenvalue weighted by Crippen LogP contribution is -2.38. The zero-order chi connectivity index (χ0) is 19.3. The number of nitrogens with one attached hydrogen (secondary N) is 1. The first-order valence-corrected chi connectivity index (χ1v) is 8.16. The zero-order valence-corrected chi connectivity index (χ0v) is 15.0. The Bertz CT molecular complexity index is 835. The molecule has 0 spiro atoms. The van der Waals surface area contributed by atoms with Crippen LogP contribution in [-0.2, 0) is 4.79 Å². The van der Waals surface area contributed by atoms with Gasteiger partial charge >= 0.3 is 0 Å². The lowest BCUT2D eigenvalue weighted by Gasteiger charge is -2.24. The average molecular weight is 354 g/mol. The number of carbonyl (C=O) groups is 3. The number of nitrogens with zero attached hydrogens (tertiary/aromatic N) is 2. The number of amides is 3. The van der Waals surface area contributed by atoms with E-state index in [1.165, 1.54) is 11.1 Å². The van der Waals surface area contributed by atoms with Crippen LogP contribution in [0.25, 0.3) is 11.1 Å². The summed E-state index contributed by atoms with van der Waals surface area (Å²) in [5.41, 5.74) is 7.52. The molecule has 1 atom stereocenters. The Kier molecular flexibility index (Phi) is 6.06. The Morgan fingerprint density at radius 2 is 1.85 bits per heavy atom. The summed E-state index contributed by atoms with van der Waals surface area (Å²) >= 11 is 0. The predicted octanol–water partition coefficient (Wildman–Crippen LogP) is 1.44. The van der Waals surface area contributed by atoms with Crippen molar-refractivity contribution in [1.82, 2.24) is 15.2 Å². The van der Waals surface area contributed by atoms with Crippen molar-refractivity contribution in [1.29, 1.82) is 0 Å². The van der Waals surface area contributed by atoms with Crippen molar-refractivity contribution in [2.75, 3.05) is 14.1 Å². The van der Waals surface area contributed by atoms with E-state index in [-0.39, 0.29) is 24.3 Å². The second-order valence-electron chi connectivity index (χ2n) is 6.05. The van der Waals surface area contributed by atoms with Gasteiger partial charge in [0.2, 0.25) is 11.8 Å². The molecule has 26 heavy (non-hydrogen) atoms. The number of rotatable bonds is 6. The highest BCUT2D eigenvalue weighted by molar-refractivity contribution is 5.96. The molecule has 136 valence electrons. The Morgan fingerprint density at radius 3 is 2.50 bits per heavy atom. The van der Waals surface area contributed by atoms with E-state index in [0.717, 1.165) is 5.56 Å². The van der Waals surface area contributed by atoms with E-state index in [1.807, 2.05) is 13.0 Å². The molecule has 1 aromatic carbocycles. The lowest BCUT2D eigenvalue weighted by atomic mass is 10.0. The third-order valence-electron chi connectivity index (χ3n) is 4.21. The largest absolute Gasteiger partial charge is 0.366 e. The maximum atomic E-state index is 12.7. The van der Waals surface area contributed by atoms with Crippen LogP contribution in [-0.4, -0.2) is 47.7 Å². The van der Waals surface area contributed by atoms with Gasteiger partial charge in [0, 0.05) is 50.1 Å². The maximum absolute atomic E-state index is 12.7. The van der Waals surface area contributed by atoms with Gasteiger partial charge in [-0.25, -0.2) is 0 Å². The van der Waals surface area contributed by atoms with Crippen LogP contribution in [0, 0.1) is 0 Å². The minimum atomic E-state index is -0.561. The van der Waals surface area contributed by atoms with E-state index in [2.05, 4.69) is 10.3 Å². The average Bonchev–Trinajstić information content (AvgIpc) is 2.66. The molecule has 0 unspecified atom stereocenters. The van der Waals surface area contributed by atoms with Crippen LogP contribution in [0.3, 0.4) is 0 Å². The molecule has 1 heterocycles. The van der Waals surface area contributed by atoms with Crippen molar-refractivity contribution < 1.29 is 14.4 Å². The number of nitrogens with two attached hydrogens (primary N) is 1. The molecule has 2 rings (SSSR count). The van der Waals surface area contributed by atoms with E-state index in [0.29, 0.717) is 16.7 Å². The van der Waals surface area contributed by atoms with Gasteiger partial charge in [0.1, 0.15) is 0 Å². The third-order valence-corrected chi connectivity index (χ3v) is 4.21. The van der Waals surface area contributed by atoms with Crippen molar-refractivity contribution in [2.45, 2.75) is 19.4 Å². The molecule has 3 amide bonds. The topological polar surface area (TPSA) is 105 Å².